The second kappa shape index (κ2) is 8.60. The topological polar surface area (TPSA) is 94.0 Å². The lowest BCUT2D eigenvalue weighted by Crippen LogP contribution is -2.07. The molecule has 0 atom stereocenters. The van der Waals surface area contributed by atoms with Crippen molar-refractivity contribution in [3.05, 3.63) is 82.7 Å². The summed E-state index contributed by atoms with van der Waals surface area (Å²) in [5, 5.41) is 9.17. The summed E-state index contributed by atoms with van der Waals surface area (Å²) in [5.74, 6) is 0.0938. The largest absolute Gasteiger partial charge is 0.478 e. The number of carboxylic acid groups (broad SMARTS) is 1. The minimum atomic E-state index is -0.919. The number of carboxylic acids is 1. The second-order valence-electron chi connectivity index (χ2n) is 6.64. The van der Waals surface area contributed by atoms with Gasteiger partial charge in [0.25, 0.3) is 0 Å². The average molecular weight is 364 g/mol. The third kappa shape index (κ3) is 5.01. The molecule has 3 N–H and O–H groups in total. The van der Waals surface area contributed by atoms with Crippen LogP contribution in [0, 0.1) is 6.92 Å². The summed E-state index contributed by atoms with van der Waals surface area (Å²) in [6.07, 6.45) is 6.18. The molecular weight excluding hydrogens is 340 g/mol. The molecule has 0 amide bonds. The molecule has 2 heterocycles. The van der Waals surface area contributed by atoms with Crippen molar-refractivity contribution in [2.75, 3.05) is 0 Å². The Labute approximate surface area is 158 Å². The van der Waals surface area contributed by atoms with Crippen molar-refractivity contribution in [1.82, 2.24) is 14.5 Å². The van der Waals surface area contributed by atoms with Crippen molar-refractivity contribution < 1.29 is 9.90 Å². The van der Waals surface area contributed by atoms with Crippen LogP contribution in [0.3, 0.4) is 0 Å². The smallest absolute Gasteiger partial charge is 0.335 e. The molecule has 0 aliphatic carbocycles. The van der Waals surface area contributed by atoms with Crippen LogP contribution in [0.4, 0.5) is 0 Å². The number of benzene rings is 1. The van der Waals surface area contributed by atoms with Gasteiger partial charge >= 0.3 is 5.97 Å². The van der Waals surface area contributed by atoms with Crippen LogP contribution in [-0.2, 0) is 25.9 Å². The maximum atomic E-state index is 11.2. The van der Waals surface area contributed by atoms with Crippen LogP contribution >= 0.6 is 0 Å². The molecule has 0 bridgehead atoms. The quantitative estimate of drug-likeness (QED) is 0.641. The molecule has 0 aliphatic heterocycles. The molecule has 0 saturated carbocycles. The van der Waals surface area contributed by atoms with Gasteiger partial charge in [-0.15, -0.1) is 0 Å². The normalized spacial score (nSPS) is 10.9. The monoisotopic (exact) mass is 364 g/mol. The molecule has 3 rings (SSSR count). The number of hydrogen-bond donors (Lipinski definition) is 2. The lowest BCUT2D eigenvalue weighted by Gasteiger charge is -2.09. The lowest BCUT2D eigenvalue weighted by molar-refractivity contribution is 0.0696. The Morgan fingerprint density at radius 2 is 2.00 bits per heavy atom. The number of aromatic nitrogens is 3. The number of rotatable bonds is 8. The van der Waals surface area contributed by atoms with Crippen molar-refractivity contribution in [3.8, 4) is 0 Å². The van der Waals surface area contributed by atoms with Crippen LogP contribution in [0.25, 0.3) is 0 Å². The molecule has 0 spiro atoms. The van der Waals surface area contributed by atoms with Crippen LogP contribution < -0.4 is 5.73 Å². The van der Waals surface area contributed by atoms with E-state index in [-0.39, 0.29) is 0 Å². The summed E-state index contributed by atoms with van der Waals surface area (Å²) in [5.41, 5.74) is 9.86. The summed E-state index contributed by atoms with van der Waals surface area (Å²) >= 11 is 0. The van der Waals surface area contributed by atoms with Gasteiger partial charge in [-0.25, -0.2) is 9.78 Å². The highest BCUT2D eigenvalue weighted by atomic mass is 16.4. The fourth-order valence-corrected chi connectivity index (χ4v) is 3.18. The van der Waals surface area contributed by atoms with Gasteiger partial charge in [-0.05, 0) is 43.0 Å². The first-order chi connectivity index (χ1) is 13.0. The summed E-state index contributed by atoms with van der Waals surface area (Å²) in [7, 11) is 0. The van der Waals surface area contributed by atoms with Gasteiger partial charge in [-0.2, -0.15) is 0 Å². The van der Waals surface area contributed by atoms with Crippen molar-refractivity contribution >= 4 is 5.97 Å². The molecule has 140 valence electrons. The van der Waals surface area contributed by atoms with Gasteiger partial charge in [-0.3, -0.25) is 4.98 Å². The Morgan fingerprint density at radius 3 is 2.78 bits per heavy atom. The fraction of sp³-hybridized carbons (Fsp3) is 0.286. The van der Waals surface area contributed by atoms with E-state index in [0.29, 0.717) is 12.1 Å². The predicted molar refractivity (Wildman–Crippen MR) is 104 cm³/mol. The SMILES string of the molecule is Cc1cc(C(=O)O)cc(CCCc2nccn2Cc2cccc(CN)c2)n1. The Balaban J connectivity index is 1.63. The van der Waals surface area contributed by atoms with Crippen LogP contribution in [0.2, 0.25) is 0 Å². The zero-order chi connectivity index (χ0) is 19.2. The second-order valence-corrected chi connectivity index (χ2v) is 6.64. The van der Waals surface area contributed by atoms with E-state index in [0.717, 1.165) is 48.6 Å². The van der Waals surface area contributed by atoms with E-state index in [2.05, 4.69) is 26.7 Å². The highest BCUT2D eigenvalue weighted by molar-refractivity contribution is 5.87. The first-order valence-corrected chi connectivity index (χ1v) is 9.04. The molecule has 3 aromatic rings. The standard InChI is InChI=1S/C21H24N4O2/c1-15-10-18(21(26)27)12-19(24-15)6-3-7-20-23-8-9-25(20)14-17-5-2-4-16(11-17)13-22/h2,4-5,8-12H,3,6-7,13-14,22H2,1H3,(H,26,27). The van der Waals surface area contributed by atoms with E-state index >= 15 is 0 Å². The van der Waals surface area contributed by atoms with Gasteiger partial charge in [-0.1, -0.05) is 24.3 Å². The number of aromatic carboxylic acids is 1. The van der Waals surface area contributed by atoms with Gasteiger partial charge in [0, 0.05) is 43.3 Å². The number of imidazole rings is 1. The molecule has 27 heavy (non-hydrogen) atoms. The molecule has 2 aromatic heterocycles. The van der Waals surface area contributed by atoms with Crippen molar-refractivity contribution in [1.29, 1.82) is 0 Å². The third-order valence-electron chi connectivity index (χ3n) is 4.47. The first-order valence-electron chi connectivity index (χ1n) is 9.04. The van der Waals surface area contributed by atoms with Crippen molar-refractivity contribution in [3.63, 3.8) is 0 Å². The van der Waals surface area contributed by atoms with E-state index < -0.39 is 5.97 Å². The number of carbonyl (C=O) groups is 1. The van der Waals surface area contributed by atoms with Gasteiger partial charge in [0.2, 0.25) is 0 Å². The summed E-state index contributed by atoms with van der Waals surface area (Å²) in [6.45, 7) is 3.11. The van der Waals surface area contributed by atoms with Crippen LogP contribution in [0.1, 0.15) is 45.1 Å². The fourth-order valence-electron chi connectivity index (χ4n) is 3.18. The Kier molecular flexibility index (Phi) is 5.98. The molecule has 6 nitrogen and oxygen atoms in total. The number of hydrogen-bond acceptors (Lipinski definition) is 4. The maximum Gasteiger partial charge on any atom is 0.335 e. The Morgan fingerprint density at radius 1 is 1.19 bits per heavy atom. The number of pyridine rings is 1. The third-order valence-corrected chi connectivity index (χ3v) is 4.47. The van der Waals surface area contributed by atoms with Crippen LogP contribution in [0.15, 0.2) is 48.8 Å². The van der Waals surface area contributed by atoms with Gasteiger partial charge in [0.1, 0.15) is 5.82 Å². The maximum absolute atomic E-state index is 11.2. The number of nitrogens with two attached hydrogens (primary N) is 1. The van der Waals surface area contributed by atoms with Crippen molar-refractivity contribution in [2.45, 2.75) is 39.3 Å². The van der Waals surface area contributed by atoms with Gasteiger partial charge in [0.15, 0.2) is 0 Å². The first kappa shape index (κ1) is 18.8. The van der Waals surface area contributed by atoms with E-state index in [4.69, 9.17) is 5.73 Å². The highest BCUT2D eigenvalue weighted by Gasteiger charge is 2.08. The molecule has 0 radical (unpaired) electrons. The average Bonchev–Trinajstić information content (AvgIpc) is 3.08. The predicted octanol–water partition coefficient (Wildman–Crippen LogP) is 2.97. The van der Waals surface area contributed by atoms with E-state index in [1.165, 1.54) is 5.56 Å². The summed E-state index contributed by atoms with van der Waals surface area (Å²) in [4.78, 5) is 20.1. The van der Waals surface area contributed by atoms with Crippen LogP contribution in [-0.4, -0.2) is 25.6 Å². The zero-order valence-electron chi connectivity index (χ0n) is 15.4. The number of aryl methyl sites for hydroxylation is 3. The molecule has 0 saturated heterocycles. The summed E-state index contributed by atoms with van der Waals surface area (Å²) < 4.78 is 2.14. The number of nitrogens with zero attached hydrogens (tertiary/aromatic N) is 3. The molecule has 0 unspecified atom stereocenters. The van der Waals surface area contributed by atoms with Crippen LogP contribution in [0.5, 0.6) is 0 Å². The minimum absolute atomic E-state index is 0.291. The zero-order valence-corrected chi connectivity index (χ0v) is 15.4. The molecule has 6 heteroatoms. The molecule has 0 aliphatic rings. The molecule has 1 aromatic carbocycles. The van der Waals surface area contributed by atoms with E-state index in [1.54, 1.807) is 12.1 Å². The highest BCUT2D eigenvalue weighted by Crippen LogP contribution is 2.12. The molecule has 0 fully saturated rings. The van der Waals surface area contributed by atoms with E-state index in [1.807, 2.05) is 31.5 Å². The Bertz CT molecular complexity index is 933. The molecular formula is C21H24N4O2. The minimum Gasteiger partial charge on any atom is -0.478 e. The summed E-state index contributed by atoms with van der Waals surface area (Å²) in [6, 6.07) is 11.5. The van der Waals surface area contributed by atoms with Crippen molar-refractivity contribution in [2.24, 2.45) is 5.73 Å². The van der Waals surface area contributed by atoms with Gasteiger partial charge < -0.3 is 15.4 Å². The lowest BCUT2D eigenvalue weighted by atomic mass is 10.1. The van der Waals surface area contributed by atoms with Gasteiger partial charge in [0.05, 0.1) is 5.56 Å². The Hall–Kier alpha value is -2.99. The van der Waals surface area contributed by atoms with E-state index in [9.17, 15) is 9.90 Å².